The summed E-state index contributed by atoms with van der Waals surface area (Å²) in [6.45, 7) is 17.3. The first-order valence-electron chi connectivity index (χ1n) is 10.2. The molecule has 1 aromatic carbocycles. The van der Waals surface area contributed by atoms with Crippen LogP contribution in [0.4, 0.5) is 0 Å². The Morgan fingerprint density at radius 2 is 1.53 bits per heavy atom. The molecule has 4 rings (SSSR count). The van der Waals surface area contributed by atoms with Crippen LogP contribution in [0.15, 0.2) is 67.4 Å². The smallest absolute Gasteiger partial charge is 0.147 e. The zero-order valence-corrected chi connectivity index (χ0v) is 24.8. The van der Waals surface area contributed by atoms with Crippen LogP contribution in [0.2, 0.25) is 13.1 Å². The zero-order valence-electron chi connectivity index (χ0n) is 18.9. The Morgan fingerprint density at radius 3 is 2.07 bits per heavy atom. The van der Waals surface area contributed by atoms with Crippen molar-refractivity contribution >= 4 is 47.2 Å². The first kappa shape index (κ1) is 26.1. The van der Waals surface area contributed by atoms with Gasteiger partial charge in [0, 0.05) is 0 Å². The summed E-state index contributed by atoms with van der Waals surface area (Å²) in [5, 5.41) is 2.22. The standard InChI is InChI=1S/C14H11S.C9H13.C2H6Si.2ClH.Zr/c1-10-9-11-5-2-3-6-12(11)14(10)13-7-4-8-15-13;1-6-5-7(2)9(4)8(6)3;1-3-2;;;/h2-9H,1H3;6H,1-4H3;1-2H3;2*1H;. The van der Waals surface area contributed by atoms with E-state index in [-0.39, 0.29) is 30.2 Å². The van der Waals surface area contributed by atoms with Crippen LogP contribution < -0.4 is 0 Å². The quantitative estimate of drug-likeness (QED) is 0.333. The van der Waals surface area contributed by atoms with Gasteiger partial charge in [0.1, 0.15) is 0 Å². The first-order valence-corrected chi connectivity index (χ1v) is 20.0. The van der Waals surface area contributed by atoms with Crippen molar-refractivity contribution in [3.05, 3.63) is 83.4 Å². The molecule has 2 aliphatic carbocycles. The van der Waals surface area contributed by atoms with Crippen LogP contribution >= 0.6 is 36.2 Å². The van der Waals surface area contributed by atoms with Crippen molar-refractivity contribution in [2.24, 2.45) is 5.92 Å². The minimum atomic E-state index is -1.90. The van der Waals surface area contributed by atoms with E-state index in [1.807, 2.05) is 14.6 Å². The zero-order chi connectivity index (χ0) is 20.2. The third-order valence-corrected chi connectivity index (χ3v) is 26.8. The second-order valence-electron chi connectivity index (χ2n) is 8.54. The van der Waals surface area contributed by atoms with Gasteiger partial charge in [-0.25, -0.2) is 0 Å². The Hall–Kier alpha value is -0.180. The summed E-state index contributed by atoms with van der Waals surface area (Å²) in [5.74, 6) is 0.667. The Balaban J connectivity index is 0.00000160. The summed E-state index contributed by atoms with van der Waals surface area (Å²) in [4.78, 5) is 1.45. The van der Waals surface area contributed by atoms with Gasteiger partial charge in [-0.05, 0) is 0 Å². The second-order valence-corrected chi connectivity index (χ2v) is 26.8. The van der Waals surface area contributed by atoms with Crippen molar-refractivity contribution in [3.63, 3.8) is 0 Å². The number of thiophene rings is 1. The SMILES string of the molecule is CC1=C(C)C(C)[C]([Zr]([CH]2C(C)=C(c3cccs3)c3ccccc32)=[Si](C)C)=C1C.Cl.Cl. The van der Waals surface area contributed by atoms with Crippen molar-refractivity contribution in [2.45, 2.75) is 51.3 Å². The Morgan fingerprint density at radius 1 is 0.867 bits per heavy atom. The maximum absolute atomic E-state index is 2.61. The van der Waals surface area contributed by atoms with Crippen LogP contribution in [0.3, 0.4) is 0 Å². The van der Waals surface area contributed by atoms with Gasteiger partial charge in [-0.1, -0.05) is 0 Å². The maximum atomic E-state index is 2.61. The fourth-order valence-corrected chi connectivity index (χ4v) is 26.7. The first-order chi connectivity index (χ1) is 13.3. The summed E-state index contributed by atoms with van der Waals surface area (Å²) < 4.78 is 2.63. The van der Waals surface area contributed by atoms with Crippen LogP contribution in [0, 0.1) is 5.92 Å². The van der Waals surface area contributed by atoms with E-state index in [9.17, 15) is 0 Å². The van der Waals surface area contributed by atoms with Gasteiger partial charge < -0.3 is 0 Å². The number of fused-ring (bicyclic) bond motifs is 1. The third kappa shape index (κ3) is 4.11. The largest absolute Gasteiger partial charge is 0.147 e. The summed E-state index contributed by atoms with van der Waals surface area (Å²) in [6, 6.07) is 13.8. The summed E-state index contributed by atoms with van der Waals surface area (Å²) in [6.07, 6.45) is 0. The molecule has 0 N–H and O–H groups in total. The Labute approximate surface area is 206 Å². The summed E-state index contributed by atoms with van der Waals surface area (Å²) in [7, 11) is 0. The normalized spacial score (nSPS) is 20.2. The van der Waals surface area contributed by atoms with E-state index >= 15 is 0 Å². The molecular weight excluding hydrogens is 523 g/mol. The number of hydrogen-bond acceptors (Lipinski definition) is 1. The number of halogens is 2. The number of hydrogen-bond donors (Lipinski definition) is 0. The van der Waals surface area contributed by atoms with E-state index in [0.29, 0.717) is 9.54 Å². The van der Waals surface area contributed by atoms with Crippen LogP contribution in [0.1, 0.15) is 54.2 Å². The molecule has 1 aromatic heterocycles. The van der Waals surface area contributed by atoms with Gasteiger partial charge in [0.05, 0.1) is 0 Å². The van der Waals surface area contributed by atoms with Gasteiger partial charge in [-0.15, -0.1) is 24.8 Å². The molecule has 2 atom stereocenters. The van der Waals surface area contributed by atoms with E-state index in [4.69, 9.17) is 0 Å². The fourth-order valence-electron chi connectivity index (χ4n) is 5.20. The predicted octanol–water partition coefficient (Wildman–Crippen LogP) is 8.60. The molecule has 2 aromatic rings. The molecule has 0 nitrogen and oxygen atoms in total. The van der Waals surface area contributed by atoms with Gasteiger partial charge in [0.2, 0.25) is 0 Å². The van der Waals surface area contributed by atoms with Gasteiger partial charge in [-0.2, -0.15) is 0 Å². The molecule has 0 fully saturated rings. The van der Waals surface area contributed by atoms with Crippen LogP contribution in [0.5, 0.6) is 0 Å². The maximum Gasteiger partial charge on any atom is -0.147 e. The molecule has 0 spiro atoms. The molecule has 0 saturated heterocycles. The number of benzene rings is 1. The van der Waals surface area contributed by atoms with Crippen molar-refractivity contribution in [1.29, 1.82) is 0 Å². The van der Waals surface area contributed by atoms with Gasteiger partial charge in [-0.3, -0.25) is 0 Å². The van der Waals surface area contributed by atoms with Crippen molar-refractivity contribution < 1.29 is 20.4 Å². The molecule has 0 saturated carbocycles. The minimum absolute atomic E-state index is 0. The topological polar surface area (TPSA) is 0 Å². The monoisotopic (exact) mass is 552 g/mol. The van der Waals surface area contributed by atoms with E-state index in [1.54, 1.807) is 33.4 Å². The number of rotatable bonds is 3. The van der Waals surface area contributed by atoms with Gasteiger partial charge in [0.15, 0.2) is 0 Å². The Bertz CT molecular complexity index is 1090. The Kier molecular flexibility index (Phi) is 8.84. The average Bonchev–Trinajstić information content (AvgIpc) is 3.33. The van der Waals surface area contributed by atoms with Crippen LogP contribution in [-0.2, 0) is 20.4 Å². The predicted molar refractivity (Wildman–Crippen MR) is 137 cm³/mol. The van der Waals surface area contributed by atoms with Gasteiger partial charge in [0.25, 0.3) is 0 Å². The molecule has 160 valence electrons. The van der Waals surface area contributed by atoms with Crippen molar-refractivity contribution in [2.75, 3.05) is 0 Å². The van der Waals surface area contributed by atoms with E-state index in [0.717, 1.165) is 0 Å². The molecule has 0 radical (unpaired) electrons. The summed E-state index contributed by atoms with van der Waals surface area (Å²) >= 11 is -0.00913. The number of allylic oxidation sites excluding steroid dienone is 5. The second kappa shape index (κ2) is 10.2. The van der Waals surface area contributed by atoms with Crippen molar-refractivity contribution in [3.8, 4) is 0 Å². The molecular formula is C25H32Cl2SSiZr. The molecule has 0 aliphatic heterocycles. The molecule has 30 heavy (non-hydrogen) atoms. The summed E-state index contributed by atoms with van der Waals surface area (Å²) in [5.41, 5.74) is 10.9. The van der Waals surface area contributed by atoms with Crippen molar-refractivity contribution in [1.82, 2.24) is 0 Å². The molecule has 1 heterocycles. The molecule has 0 bridgehead atoms. The molecule has 5 heteroatoms. The average molecular weight is 555 g/mol. The molecule has 0 amide bonds. The third-order valence-electron chi connectivity index (χ3n) is 6.89. The van der Waals surface area contributed by atoms with Crippen LogP contribution in [0.25, 0.3) is 5.57 Å². The minimum Gasteiger partial charge on any atom is -0.147 e. The van der Waals surface area contributed by atoms with Crippen LogP contribution in [-0.4, -0.2) is 5.43 Å². The van der Waals surface area contributed by atoms with E-state index in [1.165, 1.54) is 10.4 Å². The van der Waals surface area contributed by atoms with E-state index in [2.05, 4.69) is 89.5 Å². The van der Waals surface area contributed by atoms with Gasteiger partial charge >= 0.3 is 183 Å². The fraction of sp³-hybridized carbons (Fsp3) is 0.360. The van der Waals surface area contributed by atoms with E-state index < -0.39 is 20.4 Å². The molecule has 2 unspecified atom stereocenters. The molecule has 2 aliphatic rings.